The molecule has 20 heavy (non-hydrogen) atoms. The molecule has 0 bridgehead atoms. The number of carbonyl (C=O) groups is 2. The molecule has 0 spiro atoms. The average Bonchev–Trinajstić information content (AvgIpc) is 2.09. The molecule has 0 fully saturated rings. The van der Waals surface area contributed by atoms with Gasteiger partial charge in [-0.1, -0.05) is 0 Å². The van der Waals surface area contributed by atoms with Gasteiger partial charge in [0, 0.05) is 0 Å². The Kier molecular flexibility index (Phi) is 6.28. The topological polar surface area (TPSA) is 96.9 Å². The van der Waals surface area contributed by atoms with E-state index in [1.54, 1.807) is 41.5 Å². The van der Waals surface area contributed by atoms with Gasteiger partial charge in [0.25, 0.3) is 0 Å². The Balaban J connectivity index is 4.52. The molecule has 0 radical (unpaired) electrons. The van der Waals surface area contributed by atoms with Gasteiger partial charge in [0.2, 0.25) is 0 Å². The lowest BCUT2D eigenvalue weighted by molar-refractivity contribution is 0.0305. The van der Waals surface area contributed by atoms with Crippen molar-refractivity contribution in [3.05, 3.63) is 0 Å². The third-order valence-corrected chi connectivity index (χ3v) is 1.83. The second-order valence-corrected chi connectivity index (χ2v) is 6.51. The summed E-state index contributed by atoms with van der Waals surface area (Å²) in [7, 11) is 0. The first-order valence-electron chi connectivity index (χ1n) is 6.47. The van der Waals surface area contributed by atoms with E-state index in [1.165, 1.54) is 6.92 Å². The molecule has 7 heteroatoms. The van der Waals surface area contributed by atoms with Crippen molar-refractivity contribution >= 4 is 12.2 Å². The Morgan fingerprint density at radius 2 is 1.20 bits per heavy atom. The molecule has 1 unspecified atom stereocenters. The zero-order chi connectivity index (χ0) is 16.1. The van der Waals surface area contributed by atoms with Gasteiger partial charge >= 0.3 is 12.2 Å². The van der Waals surface area contributed by atoms with Crippen molar-refractivity contribution in [2.75, 3.05) is 0 Å². The number of carbonyl (C=O) groups excluding carboxylic acids is 2. The van der Waals surface area contributed by atoms with Crippen molar-refractivity contribution in [3.63, 3.8) is 0 Å². The van der Waals surface area contributed by atoms with Crippen molar-refractivity contribution in [2.24, 2.45) is 0 Å². The fraction of sp³-hybridized carbons (Fsp3) is 0.846. The summed E-state index contributed by atoms with van der Waals surface area (Å²) in [6.07, 6.45) is -3.48. The normalized spacial score (nSPS) is 13.7. The SMILES string of the molecule is CC(O)C(NC(=O)OC(C)(C)C)NC(=O)OC(C)(C)C. The fourth-order valence-electron chi connectivity index (χ4n) is 1.15. The first-order valence-corrected chi connectivity index (χ1v) is 6.47. The van der Waals surface area contributed by atoms with Crippen molar-refractivity contribution < 1.29 is 24.2 Å². The smallest absolute Gasteiger partial charge is 0.409 e. The van der Waals surface area contributed by atoms with Gasteiger partial charge < -0.3 is 14.6 Å². The van der Waals surface area contributed by atoms with E-state index in [0.717, 1.165) is 0 Å². The Hall–Kier alpha value is -1.50. The van der Waals surface area contributed by atoms with E-state index in [1.807, 2.05) is 0 Å². The maximum Gasteiger partial charge on any atom is 0.409 e. The van der Waals surface area contributed by atoms with Crippen molar-refractivity contribution in [1.82, 2.24) is 10.6 Å². The molecule has 0 aliphatic heterocycles. The molecule has 0 aromatic heterocycles. The van der Waals surface area contributed by atoms with E-state index in [4.69, 9.17) is 9.47 Å². The zero-order valence-electron chi connectivity index (χ0n) is 13.2. The number of nitrogens with one attached hydrogen (secondary N) is 2. The monoisotopic (exact) mass is 290 g/mol. The number of ether oxygens (including phenoxy) is 2. The van der Waals surface area contributed by atoms with E-state index < -0.39 is 35.7 Å². The molecule has 0 aliphatic carbocycles. The first kappa shape index (κ1) is 18.5. The summed E-state index contributed by atoms with van der Waals surface area (Å²) in [5.41, 5.74) is -1.33. The molecule has 3 N–H and O–H groups in total. The molecule has 0 heterocycles. The van der Waals surface area contributed by atoms with Crippen LogP contribution in [0.2, 0.25) is 0 Å². The van der Waals surface area contributed by atoms with E-state index in [0.29, 0.717) is 0 Å². The van der Waals surface area contributed by atoms with Gasteiger partial charge in [-0.25, -0.2) is 9.59 Å². The highest BCUT2D eigenvalue weighted by atomic mass is 16.6. The molecular weight excluding hydrogens is 264 g/mol. The van der Waals surface area contributed by atoms with Crippen LogP contribution in [0, 0.1) is 0 Å². The van der Waals surface area contributed by atoms with Gasteiger partial charge in [-0.3, -0.25) is 10.6 Å². The lowest BCUT2D eigenvalue weighted by Crippen LogP contribution is -2.55. The van der Waals surface area contributed by atoms with Crippen LogP contribution in [0.5, 0.6) is 0 Å². The van der Waals surface area contributed by atoms with Crippen LogP contribution >= 0.6 is 0 Å². The largest absolute Gasteiger partial charge is 0.444 e. The molecule has 0 rings (SSSR count). The van der Waals surface area contributed by atoms with Crippen LogP contribution < -0.4 is 10.6 Å². The highest BCUT2D eigenvalue weighted by Crippen LogP contribution is 2.08. The van der Waals surface area contributed by atoms with Crippen molar-refractivity contribution in [3.8, 4) is 0 Å². The number of aliphatic hydroxyl groups excluding tert-OH is 1. The van der Waals surface area contributed by atoms with Crippen LogP contribution in [0.3, 0.4) is 0 Å². The van der Waals surface area contributed by atoms with E-state index in [-0.39, 0.29) is 0 Å². The Morgan fingerprint density at radius 1 is 0.900 bits per heavy atom. The Morgan fingerprint density at radius 3 is 1.40 bits per heavy atom. The molecule has 0 aromatic carbocycles. The van der Waals surface area contributed by atoms with E-state index in [2.05, 4.69) is 10.6 Å². The average molecular weight is 290 g/mol. The third kappa shape index (κ3) is 9.43. The maximum absolute atomic E-state index is 11.6. The first-order chi connectivity index (χ1) is 8.80. The molecule has 0 saturated heterocycles. The Labute approximate surface area is 120 Å². The third-order valence-electron chi connectivity index (χ3n) is 1.83. The van der Waals surface area contributed by atoms with E-state index >= 15 is 0 Å². The molecule has 2 amide bonds. The summed E-state index contributed by atoms with van der Waals surface area (Å²) in [6, 6.07) is 0. The summed E-state index contributed by atoms with van der Waals surface area (Å²) in [6.45, 7) is 11.7. The van der Waals surface area contributed by atoms with Crippen LogP contribution in [-0.2, 0) is 9.47 Å². The molecule has 0 aromatic rings. The predicted molar refractivity (Wildman–Crippen MR) is 74.2 cm³/mol. The second kappa shape index (κ2) is 6.78. The standard InChI is InChI=1S/C13H26N2O5/c1-8(16)9(14-10(17)19-12(2,3)4)15-11(18)20-13(5,6)7/h8-9,16H,1-7H3,(H,14,17)(H,15,18). The number of amides is 2. The number of rotatable bonds is 3. The molecule has 7 nitrogen and oxygen atoms in total. The van der Waals surface area contributed by atoms with Crippen LogP contribution in [-0.4, -0.2) is 40.8 Å². The number of aliphatic hydroxyl groups is 1. The molecule has 0 aliphatic rings. The Bertz CT molecular complexity index is 312. The fourth-order valence-corrected chi connectivity index (χ4v) is 1.15. The van der Waals surface area contributed by atoms with Crippen LogP contribution in [0.4, 0.5) is 9.59 Å². The van der Waals surface area contributed by atoms with Crippen molar-refractivity contribution in [1.29, 1.82) is 0 Å². The van der Waals surface area contributed by atoms with Gasteiger partial charge in [0.15, 0.2) is 0 Å². The molecule has 118 valence electrons. The van der Waals surface area contributed by atoms with E-state index in [9.17, 15) is 14.7 Å². The summed E-state index contributed by atoms with van der Waals surface area (Å²) in [5, 5.41) is 14.3. The molecule has 1 atom stereocenters. The quantitative estimate of drug-likeness (QED) is 0.688. The summed E-state index contributed by atoms with van der Waals surface area (Å²) in [4.78, 5) is 23.2. The predicted octanol–water partition coefficient (Wildman–Crippen LogP) is 1.74. The van der Waals surface area contributed by atoms with Gasteiger partial charge in [-0.05, 0) is 48.5 Å². The number of alkyl carbamates (subject to hydrolysis) is 2. The minimum atomic E-state index is -1.00. The second-order valence-electron chi connectivity index (χ2n) is 6.51. The number of hydrogen-bond acceptors (Lipinski definition) is 5. The highest BCUT2D eigenvalue weighted by molar-refractivity contribution is 5.71. The van der Waals surface area contributed by atoms with Crippen LogP contribution in [0.25, 0.3) is 0 Å². The van der Waals surface area contributed by atoms with Crippen molar-refractivity contribution in [2.45, 2.75) is 71.9 Å². The molecular formula is C13H26N2O5. The maximum atomic E-state index is 11.6. The summed E-state index contributed by atoms with van der Waals surface area (Å²) < 4.78 is 10.1. The molecule has 0 saturated carbocycles. The summed E-state index contributed by atoms with van der Waals surface area (Å²) >= 11 is 0. The lowest BCUT2D eigenvalue weighted by Gasteiger charge is -2.27. The number of hydrogen-bond donors (Lipinski definition) is 3. The van der Waals surface area contributed by atoms with Crippen LogP contribution in [0.15, 0.2) is 0 Å². The summed E-state index contributed by atoms with van der Waals surface area (Å²) in [5.74, 6) is 0. The van der Waals surface area contributed by atoms with Gasteiger partial charge in [0.1, 0.15) is 17.4 Å². The zero-order valence-corrected chi connectivity index (χ0v) is 13.2. The highest BCUT2D eigenvalue weighted by Gasteiger charge is 2.25. The van der Waals surface area contributed by atoms with Gasteiger partial charge in [-0.2, -0.15) is 0 Å². The van der Waals surface area contributed by atoms with Crippen LogP contribution in [0.1, 0.15) is 48.5 Å². The minimum Gasteiger partial charge on any atom is -0.444 e. The van der Waals surface area contributed by atoms with Gasteiger partial charge in [-0.15, -0.1) is 0 Å². The lowest BCUT2D eigenvalue weighted by atomic mass is 10.2. The minimum absolute atomic E-state index is 0.667. The van der Waals surface area contributed by atoms with Gasteiger partial charge in [0.05, 0.1) is 6.10 Å².